The number of pyridine rings is 1. The van der Waals surface area contributed by atoms with E-state index >= 15 is 0 Å². The van der Waals surface area contributed by atoms with E-state index in [9.17, 15) is 0 Å². The van der Waals surface area contributed by atoms with E-state index in [1.54, 1.807) is 7.11 Å². The molecule has 1 aromatic heterocycles. The van der Waals surface area contributed by atoms with E-state index < -0.39 is 0 Å². The molecule has 0 aliphatic rings. The zero-order chi connectivity index (χ0) is 21.8. The second-order valence-electron chi connectivity index (χ2n) is 7.47. The average molecular weight is 412 g/mol. The van der Waals surface area contributed by atoms with Crippen molar-refractivity contribution in [2.24, 2.45) is 0 Å². The lowest BCUT2D eigenvalue weighted by Gasteiger charge is -2.12. The second-order valence-corrected chi connectivity index (χ2v) is 7.47. The molecule has 1 heterocycles. The number of nitrogens with zero attached hydrogens (tertiary/aromatic N) is 1. The number of aromatic nitrogens is 1. The molecule has 2 nitrogen and oxygen atoms in total. The van der Waals surface area contributed by atoms with Gasteiger partial charge in [-0.05, 0) is 53.9 Å². The van der Waals surface area contributed by atoms with Gasteiger partial charge in [-0.3, -0.25) is 0 Å². The van der Waals surface area contributed by atoms with Crippen molar-refractivity contribution < 1.29 is 4.74 Å². The van der Waals surface area contributed by atoms with Gasteiger partial charge >= 0.3 is 0 Å². The molecule has 0 aliphatic heterocycles. The first-order chi connectivity index (χ1) is 15.8. The molecule has 0 N–H and O–H groups in total. The summed E-state index contributed by atoms with van der Waals surface area (Å²) in [5.74, 6) is 7.48. The van der Waals surface area contributed by atoms with Crippen LogP contribution in [0.25, 0.3) is 33.3 Å². The van der Waals surface area contributed by atoms with Crippen molar-refractivity contribution in [1.29, 1.82) is 0 Å². The Bertz CT molecular complexity index is 1440. The summed E-state index contributed by atoms with van der Waals surface area (Å²) in [6.45, 7) is 0. The number of benzene rings is 4. The predicted molar refractivity (Wildman–Crippen MR) is 132 cm³/mol. The van der Waals surface area contributed by atoms with Crippen molar-refractivity contribution in [3.8, 4) is 40.1 Å². The van der Waals surface area contributed by atoms with Crippen LogP contribution in [0.2, 0.25) is 0 Å². The van der Waals surface area contributed by atoms with E-state index in [1.165, 1.54) is 0 Å². The van der Waals surface area contributed by atoms with Gasteiger partial charge in [-0.2, -0.15) is 0 Å². The Morgan fingerprint density at radius 1 is 0.688 bits per heavy atom. The molecule has 0 spiro atoms. The van der Waals surface area contributed by atoms with E-state index in [0.29, 0.717) is 0 Å². The van der Waals surface area contributed by atoms with Crippen molar-refractivity contribution in [2.75, 3.05) is 7.11 Å². The highest BCUT2D eigenvalue weighted by molar-refractivity contribution is 5.98. The van der Waals surface area contributed by atoms with Gasteiger partial charge in [0.25, 0.3) is 0 Å². The fourth-order valence-electron chi connectivity index (χ4n) is 3.77. The number of methoxy groups -OCH3 is 1. The van der Waals surface area contributed by atoms with Crippen LogP contribution >= 0.6 is 0 Å². The summed E-state index contributed by atoms with van der Waals surface area (Å²) in [6, 6.07) is 36.8. The summed E-state index contributed by atoms with van der Waals surface area (Å²) in [6.07, 6.45) is 0. The molecule has 0 saturated carbocycles. The fraction of sp³-hybridized carbons (Fsp3) is 0.0333. The van der Waals surface area contributed by atoms with Crippen molar-refractivity contribution >= 4 is 10.8 Å². The van der Waals surface area contributed by atoms with Gasteiger partial charge in [0.15, 0.2) is 0 Å². The molecule has 5 aromatic rings. The van der Waals surface area contributed by atoms with Crippen LogP contribution in [0.4, 0.5) is 0 Å². The molecular weight excluding hydrogens is 390 g/mol. The van der Waals surface area contributed by atoms with Gasteiger partial charge in [-0.25, -0.2) is 4.98 Å². The first-order valence-electron chi connectivity index (χ1n) is 10.5. The third-order valence-corrected chi connectivity index (χ3v) is 5.42. The lowest BCUT2D eigenvalue weighted by molar-refractivity contribution is 0.415. The minimum atomic E-state index is 0.830. The molecule has 0 aliphatic carbocycles. The van der Waals surface area contributed by atoms with Crippen LogP contribution in [-0.4, -0.2) is 12.1 Å². The Hall–Kier alpha value is -4.35. The highest BCUT2D eigenvalue weighted by atomic mass is 16.5. The highest BCUT2D eigenvalue weighted by Crippen LogP contribution is 2.33. The third-order valence-electron chi connectivity index (χ3n) is 5.42. The molecule has 32 heavy (non-hydrogen) atoms. The molecule has 0 amide bonds. The quantitative estimate of drug-likeness (QED) is 0.299. The van der Waals surface area contributed by atoms with Crippen molar-refractivity contribution in [2.45, 2.75) is 0 Å². The standard InChI is InChI=1S/C30H21NO/c1-32-26-19-17-24(18-20-26)29-21-25-12-6-8-14-28(25)30(31-29)27-13-7-5-11-23(27)16-15-22-9-3-2-4-10-22/h2-14,17-21H,1H3. The molecule has 152 valence electrons. The fourth-order valence-corrected chi connectivity index (χ4v) is 3.77. The summed E-state index contributed by atoms with van der Waals surface area (Å²) in [5.41, 5.74) is 5.89. The minimum absolute atomic E-state index is 0.830. The topological polar surface area (TPSA) is 22.1 Å². The van der Waals surface area contributed by atoms with E-state index in [0.717, 1.165) is 50.2 Å². The number of ether oxygens (including phenoxy) is 1. The smallest absolute Gasteiger partial charge is 0.118 e. The molecule has 0 unspecified atom stereocenters. The maximum absolute atomic E-state index is 5.31. The molecule has 0 saturated heterocycles. The Balaban J connectivity index is 1.68. The Morgan fingerprint density at radius 2 is 1.41 bits per heavy atom. The highest BCUT2D eigenvalue weighted by Gasteiger charge is 2.12. The molecule has 0 radical (unpaired) electrons. The first kappa shape index (κ1) is 19.6. The molecular formula is C30H21NO. The predicted octanol–water partition coefficient (Wildman–Crippen LogP) is 6.98. The zero-order valence-electron chi connectivity index (χ0n) is 17.7. The summed E-state index contributed by atoms with van der Waals surface area (Å²) < 4.78 is 5.31. The van der Waals surface area contributed by atoms with Gasteiger partial charge in [0.1, 0.15) is 5.75 Å². The van der Waals surface area contributed by atoms with Gasteiger partial charge in [-0.1, -0.05) is 72.5 Å². The third kappa shape index (κ3) is 3.97. The van der Waals surface area contributed by atoms with E-state index in [2.05, 4.69) is 54.3 Å². The number of fused-ring (bicyclic) bond motifs is 1. The van der Waals surface area contributed by atoms with Crippen LogP contribution in [0.1, 0.15) is 11.1 Å². The van der Waals surface area contributed by atoms with Crippen molar-refractivity contribution in [3.63, 3.8) is 0 Å². The minimum Gasteiger partial charge on any atom is -0.497 e. The Labute approximate surface area is 188 Å². The largest absolute Gasteiger partial charge is 0.497 e. The number of hydrogen-bond acceptors (Lipinski definition) is 2. The lowest BCUT2D eigenvalue weighted by atomic mass is 9.97. The summed E-state index contributed by atoms with van der Waals surface area (Å²) in [5, 5.41) is 2.26. The van der Waals surface area contributed by atoms with Gasteiger partial charge < -0.3 is 4.74 Å². The SMILES string of the molecule is COc1ccc(-c2cc3ccccc3c(-c3ccccc3C#Cc3ccccc3)n2)cc1. The van der Waals surface area contributed by atoms with Gasteiger partial charge in [0.05, 0.1) is 18.5 Å². The van der Waals surface area contributed by atoms with Crippen LogP contribution in [0, 0.1) is 11.8 Å². The number of rotatable bonds is 3. The van der Waals surface area contributed by atoms with Crippen LogP contribution < -0.4 is 4.74 Å². The monoisotopic (exact) mass is 411 g/mol. The molecule has 4 aromatic carbocycles. The van der Waals surface area contributed by atoms with Gasteiger partial charge in [0.2, 0.25) is 0 Å². The molecule has 0 fully saturated rings. The normalized spacial score (nSPS) is 10.4. The van der Waals surface area contributed by atoms with Crippen LogP contribution in [0.15, 0.2) is 109 Å². The van der Waals surface area contributed by atoms with E-state index in [4.69, 9.17) is 9.72 Å². The van der Waals surface area contributed by atoms with Crippen molar-refractivity contribution in [3.05, 3.63) is 120 Å². The van der Waals surface area contributed by atoms with Crippen LogP contribution in [0.5, 0.6) is 5.75 Å². The second kappa shape index (κ2) is 8.79. The van der Waals surface area contributed by atoms with E-state index in [1.807, 2.05) is 66.7 Å². The first-order valence-corrected chi connectivity index (χ1v) is 10.5. The van der Waals surface area contributed by atoms with E-state index in [-0.39, 0.29) is 0 Å². The number of hydrogen-bond donors (Lipinski definition) is 0. The Morgan fingerprint density at radius 3 is 2.22 bits per heavy atom. The summed E-state index contributed by atoms with van der Waals surface area (Å²) in [4.78, 5) is 5.10. The van der Waals surface area contributed by atoms with Crippen LogP contribution in [0.3, 0.4) is 0 Å². The summed E-state index contributed by atoms with van der Waals surface area (Å²) in [7, 11) is 1.68. The van der Waals surface area contributed by atoms with Crippen LogP contribution in [-0.2, 0) is 0 Å². The van der Waals surface area contributed by atoms with Crippen molar-refractivity contribution in [1.82, 2.24) is 4.98 Å². The molecule has 5 rings (SSSR count). The zero-order valence-corrected chi connectivity index (χ0v) is 17.7. The lowest BCUT2D eigenvalue weighted by Crippen LogP contribution is -1.93. The van der Waals surface area contributed by atoms with Gasteiger partial charge in [-0.15, -0.1) is 0 Å². The van der Waals surface area contributed by atoms with Gasteiger partial charge in [0, 0.05) is 27.6 Å². The molecule has 2 heteroatoms. The molecule has 0 atom stereocenters. The molecule has 0 bridgehead atoms. The summed E-state index contributed by atoms with van der Waals surface area (Å²) >= 11 is 0. The Kier molecular flexibility index (Phi) is 5.39. The average Bonchev–Trinajstić information content (AvgIpc) is 2.87. The maximum atomic E-state index is 5.31. The maximum Gasteiger partial charge on any atom is 0.118 e.